The number of carbonyl (C=O) groups is 2. The van der Waals surface area contributed by atoms with Crippen LogP contribution in [0.4, 0.5) is 4.39 Å². The standard InChI is InChI=1S/C27H31FN4O4/c1-3-7-18(8-4-2)26(34)31-13-15-32(16-14-31)27(35)19-11-12-22(28)23(17-19)36-25-21-10-6-5-9-20(21)24(33)29-30-25/h5-6,9-12,17-18H,3-4,7-8,13-16H2,1-2H3,(H,29,33). The van der Waals surface area contributed by atoms with E-state index in [0.717, 1.165) is 25.7 Å². The Morgan fingerprint density at radius 3 is 2.31 bits per heavy atom. The number of aromatic nitrogens is 2. The number of H-pyrrole nitrogens is 1. The second kappa shape index (κ2) is 11.3. The number of piperazine rings is 1. The Bertz CT molecular complexity index is 1290. The number of benzene rings is 2. The molecule has 1 N–H and O–H groups in total. The van der Waals surface area contributed by atoms with E-state index in [9.17, 15) is 18.8 Å². The fourth-order valence-electron chi connectivity index (χ4n) is 4.65. The molecular formula is C27H31FN4O4. The number of rotatable bonds is 8. The summed E-state index contributed by atoms with van der Waals surface area (Å²) in [6.45, 7) is 5.95. The quantitative estimate of drug-likeness (QED) is 0.502. The summed E-state index contributed by atoms with van der Waals surface area (Å²) < 4.78 is 20.3. The monoisotopic (exact) mass is 494 g/mol. The van der Waals surface area contributed by atoms with Crippen molar-refractivity contribution < 1.29 is 18.7 Å². The van der Waals surface area contributed by atoms with Gasteiger partial charge in [0.05, 0.1) is 10.8 Å². The van der Waals surface area contributed by atoms with Gasteiger partial charge in [-0.25, -0.2) is 9.49 Å². The first-order valence-corrected chi connectivity index (χ1v) is 12.5. The van der Waals surface area contributed by atoms with Crippen LogP contribution >= 0.6 is 0 Å². The minimum atomic E-state index is -0.656. The van der Waals surface area contributed by atoms with Crippen LogP contribution < -0.4 is 10.3 Å². The van der Waals surface area contributed by atoms with Crippen LogP contribution in [0.3, 0.4) is 0 Å². The highest BCUT2D eigenvalue weighted by molar-refractivity contribution is 5.95. The van der Waals surface area contributed by atoms with Crippen molar-refractivity contribution in [2.75, 3.05) is 26.2 Å². The van der Waals surface area contributed by atoms with Crippen LogP contribution in [0.1, 0.15) is 49.9 Å². The summed E-state index contributed by atoms with van der Waals surface area (Å²) in [5.41, 5.74) is -0.106. The average molecular weight is 495 g/mol. The van der Waals surface area contributed by atoms with E-state index >= 15 is 0 Å². The second-order valence-corrected chi connectivity index (χ2v) is 9.04. The molecule has 0 saturated carbocycles. The minimum absolute atomic E-state index is 0.0366. The summed E-state index contributed by atoms with van der Waals surface area (Å²) >= 11 is 0. The number of ether oxygens (including phenoxy) is 1. The summed E-state index contributed by atoms with van der Waals surface area (Å²) in [6, 6.07) is 10.7. The zero-order valence-corrected chi connectivity index (χ0v) is 20.6. The van der Waals surface area contributed by atoms with Crippen LogP contribution in [-0.2, 0) is 4.79 Å². The van der Waals surface area contributed by atoms with E-state index in [1.807, 2.05) is 4.90 Å². The lowest BCUT2D eigenvalue weighted by Crippen LogP contribution is -2.52. The zero-order chi connectivity index (χ0) is 25.7. The highest BCUT2D eigenvalue weighted by Crippen LogP contribution is 2.29. The number of hydrogen-bond donors (Lipinski definition) is 1. The molecule has 2 amide bonds. The third-order valence-corrected chi connectivity index (χ3v) is 6.55. The maximum atomic E-state index is 14.6. The molecule has 1 saturated heterocycles. The maximum absolute atomic E-state index is 14.6. The molecule has 1 aliphatic rings. The summed E-state index contributed by atoms with van der Waals surface area (Å²) in [7, 11) is 0. The van der Waals surface area contributed by atoms with Gasteiger partial charge in [0.25, 0.3) is 11.5 Å². The Kier molecular flexibility index (Phi) is 7.97. The second-order valence-electron chi connectivity index (χ2n) is 9.04. The third kappa shape index (κ3) is 5.40. The number of nitrogens with zero attached hydrogens (tertiary/aromatic N) is 3. The van der Waals surface area contributed by atoms with E-state index in [0.29, 0.717) is 37.0 Å². The van der Waals surface area contributed by atoms with E-state index < -0.39 is 5.82 Å². The lowest BCUT2D eigenvalue weighted by Gasteiger charge is -2.36. The first-order valence-electron chi connectivity index (χ1n) is 12.5. The maximum Gasteiger partial charge on any atom is 0.272 e. The predicted molar refractivity (Wildman–Crippen MR) is 135 cm³/mol. The molecule has 1 fully saturated rings. The van der Waals surface area contributed by atoms with Gasteiger partial charge in [-0.05, 0) is 43.2 Å². The summed E-state index contributed by atoms with van der Waals surface area (Å²) in [4.78, 5) is 41.6. The van der Waals surface area contributed by atoms with Crippen LogP contribution in [0.5, 0.6) is 11.6 Å². The molecule has 0 atom stereocenters. The van der Waals surface area contributed by atoms with Gasteiger partial charge in [-0.15, -0.1) is 5.10 Å². The Morgan fingerprint density at radius 1 is 1.00 bits per heavy atom. The Morgan fingerprint density at radius 2 is 1.64 bits per heavy atom. The van der Waals surface area contributed by atoms with Gasteiger partial charge in [-0.2, -0.15) is 0 Å². The number of hydrogen-bond acceptors (Lipinski definition) is 5. The van der Waals surface area contributed by atoms with Gasteiger partial charge in [0.1, 0.15) is 0 Å². The van der Waals surface area contributed by atoms with Crippen molar-refractivity contribution in [1.82, 2.24) is 20.0 Å². The van der Waals surface area contributed by atoms with Crippen molar-refractivity contribution in [2.45, 2.75) is 39.5 Å². The van der Waals surface area contributed by atoms with Crippen molar-refractivity contribution >= 4 is 22.6 Å². The molecular weight excluding hydrogens is 463 g/mol. The van der Waals surface area contributed by atoms with Gasteiger partial charge in [0.15, 0.2) is 11.6 Å². The number of fused-ring (bicyclic) bond motifs is 1. The molecule has 2 heterocycles. The molecule has 1 aliphatic heterocycles. The summed E-state index contributed by atoms with van der Waals surface area (Å²) in [5.74, 6) is -0.835. The lowest BCUT2D eigenvalue weighted by molar-refractivity contribution is -0.137. The van der Waals surface area contributed by atoms with Crippen molar-refractivity contribution in [3.05, 3.63) is 64.2 Å². The van der Waals surface area contributed by atoms with Crippen LogP contribution in [0.15, 0.2) is 47.3 Å². The molecule has 9 heteroatoms. The molecule has 190 valence electrons. The van der Waals surface area contributed by atoms with Crippen LogP contribution in [0, 0.1) is 11.7 Å². The predicted octanol–water partition coefficient (Wildman–Crippen LogP) is 4.36. The van der Waals surface area contributed by atoms with Crippen LogP contribution in [-0.4, -0.2) is 58.0 Å². The molecule has 2 aromatic carbocycles. The van der Waals surface area contributed by atoms with Gasteiger partial charge in [-0.3, -0.25) is 14.4 Å². The normalized spacial score (nSPS) is 13.9. The number of aromatic amines is 1. The third-order valence-electron chi connectivity index (χ3n) is 6.55. The average Bonchev–Trinajstić information content (AvgIpc) is 2.90. The van der Waals surface area contributed by atoms with E-state index in [-0.39, 0.29) is 40.5 Å². The first-order chi connectivity index (χ1) is 17.4. The number of carbonyl (C=O) groups excluding carboxylic acids is 2. The lowest BCUT2D eigenvalue weighted by atomic mass is 9.96. The van der Waals surface area contributed by atoms with Crippen molar-refractivity contribution in [3.8, 4) is 11.6 Å². The van der Waals surface area contributed by atoms with Gasteiger partial charge in [-0.1, -0.05) is 38.8 Å². The fourth-order valence-corrected chi connectivity index (χ4v) is 4.65. The molecule has 0 spiro atoms. The Balaban J connectivity index is 1.46. The first kappa shape index (κ1) is 25.3. The molecule has 0 bridgehead atoms. The number of nitrogens with one attached hydrogen (secondary N) is 1. The number of halogens is 1. The van der Waals surface area contributed by atoms with Crippen molar-refractivity contribution in [2.24, 2.45) is 5.92 Å². The molecule has 0 radical (unpaired) electrons. The van der Waals surface area contributed by atoms with E-state index in [1.54, 1.807) is 29.2 Å². The van der Waals surface area contributed by atoms with E-state index in [2.05, 4.69) is 24.0 Å². The van der Waals surface area contributed by atoms with Gasteiger partial charge >= 0.3 is 0 Å². The molecule has 4 rings (SSSR count). The van der Waals surface area contributed by atoms with Crippen molar-refractivity contribution in [1.29, 1.82) is 0 Å². The molecule has 1 aromatic heterocycles. The molecule has 8 nitrogen and oxygen atoms in total. The molecule has 3 aromatic rings. The summed E-state index contributed by atoms with van der Waals surface area (Å²) in [5, 5.41) is 7.06. The Hall–Kier alpha value is -3.75. The van der Waals surface area contributed by atoms with Gasteiger partial charge in [0, 0.05) is 37.7 Å². The van der Waals surface area contributed by atoms with Gasteiger partial charge in [0.2, 0.25) is 11.8 Å². The van der Waals surface area contributed by atoms with Gasteiger partial charge < -0.3 is 14.5 Å². The highest BCUT2D eigenvalue weighted by Gasteiger charge is 2.29. The zero-order valence-electron chi connectivity index (χ0n) is 20.6. The smallest absolute Gasteiger partial charge is 0.272 e. The van der Waals surface area contributed by atoms with Crippen LogP contribution in [0.25, 0.3) is 10.8 Å². The van der Waals surface area contributed by atoms with Crippen LogP contribution in [0.2, 0.25) is 0 Å². The van der Waals surface area contributed by atoms with E-state index in [1.165, 1.54) is 18.2 Å². The molecule has 0 unspecified atom stereocenters. The minimum Gasteiger partial charge on any atom is -0.434 e. The summed E-state index contributed by atoms with van der Waals surface area (Å²) in [6.07, 6.45) is 3.69. The largest absolute Gasteiger partial charge is 0.434 e. The highest BCUT2D eigenvalue weighted by atomic mass is 19.1. The van der Waals surface area contributed by atoms with E-state index in [4.69, 9.17) is 4.74 Å². The van der Waals surface area contributed by atoms with Crippen molar-refractivity contribution in [3.63, 3.8) is 0 Å². The molecule has 0 aliphatic carbocycles. The topological polar surface area (TPSA) is 95.6 Å². The fraction of sp³-hybridized carbons (Fsp3) is 0.407. The molecule has 36 heavy (non-hydrogen) atoms. The SMILES string of the molecule is CCCC(CCC)C(=O)N1CCN(C(=O)c2ccc(F)c(Oc3n[nH]c(=O)c4ccccc34)c2)CC1. The Labute approximate surface area is 209 Å². The number of amides is 2.